The van der Waals surface area contributed by atoms with Crippen molar-refractivity contribution in [1.29, 1.82) is 0 Å². The second-order valence-corrected chi connectivity index (χ2v) is 5.96. The van der Waals surface area contributed by atoms with Crippen molar-refractivity contribution in [2.45, 2.75) is 45.3 Å². The van der Waals surface area contributed by atoms with Gasteiger partial charge in [-0.3, -0.25) is 0 Å². The summed E-state index contributed by atoms with van der Waals surface area (Å²) in [7, 11) is 5.07. The summed E-state index contributed by atoms with van der Waals surface area (Å²) in [6.45, 7) is 7.34. The van der Waals surface area contributed by atoms with Crippen molar-refractivity contribution in [2.75, 3.05) is 27.9 Å². The van der Waals surface area contributed by atoms with E-state index in [0.717, 1.165) is 30.9 Å². The van der Waals surface area contributed by atoms with Gasteiger partial charge in [0, 0.05) is 13.2 Å². The lowest BCUT2D eigenvalue weighted by Crippen LogP contribution is -2.36. The molecule has 0 bridgehead atoms. The summed E-state index contributed by atoms with van der Waals surface area (Å²) in [4.78, 5) is 0. The highest BCUT2D eigenvalue weighted by Crippen LogP contribution is 2.27. The quantitative estimate of drug-likeness (QED) is 0.760. The Bertz CT molecular complexity index is 432. The van der Waals surface area contributed by atoms with E-state index in [2.05, 4.69) is 32.2 Å². The Morgan fingerprint density at radius 1 is 1.10 bits per heavy atom. The number of ether oxygens (including phenoxy) is 3. The van der Waals surface area contributed by atoms with Gasteiger partial charge in [-0.2, -0.15) is 0 Å². The first-order valence-corrected chi connectivity index (χ1v) is 7.41. The van der Waals surface area contributed by atoms with Gasteiger partial charge in [-0.15, -0.1) is 0 Å². The van der Waals surface area contributed by atoms with E-state index < -0.39 is 0 Å². The summed E-state index contributed by atoms with van der Waals surface area (Å²) in [6, 6.07) is 6.47. The molecule has 1 unspecified atom stereocenters. The molecule has 0 amide bonds. The molecule has 0 aromatic heterocycles. The van der Waals surface area contributed by atoms with Gasteiger partial charge >= 0.3 is 0 Å². The third-order valence-electron chi connectivity index (χ3n) is 3.70. The molecule has 1 aromatic rings. The number of nitrogens with one attached hydrogen (secondary N) is 1. The minimum atomic E-state index is -0.0875. The summed E-state index contributed by atoms with van der Waals surface area (Å²) >= 11 is 0. The highest BCUT2D eigenvalue weighted by atomic mass is 16.5. The maximum Gasteiger partial charge on any atom is 0.160 e. The number of benzene rings is 1. The van der Waals surface area contributed by atoms with Gasteiger partial charge in [-0.1, -0.05) is 6.07 Å². The zero-order valence-electron chi connectivity index (χ0n) is 14.2. The van der Waals surface area contributed by atoms with Crippen LogP contribution >= 0.6 is 0 Å². The van der Waals surface area contributed by atoms with Crippen LogP contribution in [0.1, 0.15) is 32.8 Å². The summed E-state index contributed by atoms with van der Waals surface area (Å²) < 4.78 is 16.0. The summed E-state index contributed by atoms with van der Waals surface area (Å²) in [5.74, 6) is 1.55. The van der Waals surface area contributed by atoms with Crippen LogP contribution in [0.15, 0.2) is 18.2 Å². The van der Waals surface area contributed by atoms with Gasteiger partial charge in [-0.05, 0) is 57.9 Å². The molecule has 120 valence electrons. The standard InChI is InChI=1S/C17H29NO3/c1-13(12-17(2,3)21-6)18-10-9-14-7-8-15(19-4)16(11-14)20-5/h7-8,11,13,18H,9-10,12H2,1-6H3. The Kier molecular flexibility index (Phi) is 6.99. The van der Waals surface area contributed by atoms with Crippen molar-refractivity contribution in [2.24, 2.45) is 0 Å². The number of hydrogen-bond donors (Lipinski definition) is 1. The van der Waals surface area contributed by atoms with Crippen LogP contribution in [-0.4, -0.2) is 39.5 Å². The molecule has 0 radical (unpaired) electrons. The Hall–Kier alpha value is -1.26. The van der Waals surface area contributed by atoms with Gasteiger partial charge in [0.2, 0.25) is 0 Å². The summed E-state index contributed by atoms with van der Waals surface area (Å²) in [5.41, 5.74) is 1.15. The topological polar surface area (TPSA) is 39.7 Å². The second-order valence-electron chi connectivity index (χ2n) is 5.96. The lowest BCUT2D eigenvalue weighted by Gasteiger charge is -2.27. The molecular weight excluding hydrogens is 266 g/mol. The minimum absolute atomic E-state index is 0.0875. The lowest BCUT2D eigenvalue weighted by molar-refractivity contribution is 0.00865. The molecule has 0 fully saturated rings. The number of rotatable bonds is 9. The van der Waals surface area contributed by atoms with Gasteiger partial charge in [0.1, 0.15) is 0 Å². The molecule has 1 aromatic carbocycles. The Morgan fingerprint density at radius 2 is 1.76 bits per heavy atom. The first-order valence-electron chi connectivity index (χ1n) is 7.41. The second kappa shape index (κ2) is 8.25. The Labute approximate surface area is 128 Å². The first-order chi connectivity index (χ1) is 9.91. The zero-order chi connectivity index (χ0) is 15.9. The predicted octanol–water partition coefficient (Wildman–Crippen LogP) is 3.04. The van der Waals surface area contributed by atoms with Gasteiger partial charge in [0.15, 0.2) is 11.5 Å². The van der Waals surface area contributed by atoms with E-state index in [4.69, 9.17) is 14.2 Å². The fraction of sp³-hybridized carbons (Fsp3) is 0.647. The third-order valence-corrected chi connectivity index (χ3v) is 3.70. The van der Waals surface area contributed by atoms with Gasteiger partial charge in [0.05, 0.1) is 19.8 Å². The molecule has 4 heteroatoms. The van der Waals surface area contributed by atoms with Crippen molar-refractivity contribution >= 4 is 0 Å². The molecular formula is C17H29NO3. The van der Waals surface area contributed by atoms with Crippen molar-refractivity contribution in [3.8, 4) is 11.5 Å². The molecule has 1 N–H and O–H groups in total. The van der Waals surface area contributed by atoms with Crippen molar-refractivity contribution in [3.63, 3.8) is 0 Å². The maximum atomic E-state index is 5.46. The van der Waals surface area contributed by atoms with E-state index in [-0.39, 0.29) is 5.60 Å². The van der Waals surface area contributed by atoms with Gasteiger partial charge < -0.3 is 19.5 Å². The van der Waals surface area contributed by atoms with Crippen LogP contribution in [0.2, 0.25) is 0 Å². The van der Waals surface area contributed by atoms with Crippen LogP contribution < -0.4 is 14.8 Å². The summed E-state index contributed by atoms with van der Waals surface area (Å²) in [6.07, 6.45) is 1.94. The van der Waals surface area contributed by atoms with Crippen LogP contribution in [0.25, 0.3) is 0 Å². The average Bonchev–Trinajstić information content (AvgIpc) is 2.46. The Morgan fingerprint density at radius 3 is 2.33 bits per heavy atom. The van der Waals surface area contributed by atoms with Crippen molar-refractivity contribution in [1.82, 2.24) is 5.32 Å². The van der Waals surface area contributed by atoms with Crippen LogP contribution in [0.5, 0.6) is 11.5 Å². The molecule has 4 nitrogen and oxygen atoms in total. The van der Waals surface area contributed by atoms with Crippen LogP contribution in [-0.2, 0) is 11.2 Å². The van der Waals surface area contributed by atoms with E-state index in [9.17, 15) is 0 Å². The molecule has 21 heavy (non-hydrogen) atoms. The normalized spacial score (nSPS) is 13.0. The van der Waals surface area contributed by atoms with E-state index in [1.165, 1.54) is 5.56 Å². The zero-order valence-corrected chi connectivity index (χ0v) is 14.2. The lowest BCUT2D eigenvalue weighted by atomic mass is 10.00. The SMILES string of the molecule is COc1ccc(CCNC(C)CC(C)(C)OC)cc1OC. The van der Waals surface area contributed by atoms with Gasteiger partial charge in [-0.25, -0.2) is 0 Å². The number of hydrogen-bond acceptors (Lipinski definition) is 4. The molecule has 0 heterocycles. The fourth-order valence-electron chi connectivity index (χ4n) is 2.39. The third kappa shape index (κ3) is 5.94. The average molecular weight is 295 g/mol. The van der Waals surface area contributed by atoms with Crippen molar-refractivity contribution < 1.29 is 14.2 Å². The predicted molar refractivity (Wildman–Crippen MR) is 86.4 cm³/mol. The van der Waals surface area contributed by atoms with E-state index in [0.29, 0.717) is 6.04 Å². The van der Waals surface area contributed by atoms with E-state index >= 15 is 0 Å². The van der Waals surface area contributed by atoms with Crippen LogP contribution in [0.4, 0.5) is 0 Å². The van der Waals surface area contributed by atoms with Crippen molar-refractivity contribution in [3.05, 3.63) is 23.8 Å². The van der Waals surface area contributed by atoms with E-state index in [1.807, 2.05) is 12.1 Å². The largest absolute Gasteiger partial charge is 0.493 e. The van der Waals surface area contributed by atoms with Crippen LogP contribution in [0.3, 0.4) is 0 Å². The monoisotopic (exact) mass is 295 g/mol. The highest BCUT2D eigenvalue weighted by molar-refractivity contribution is 5.42. The fourth-order valence-corrected chi connectivity index (χ4v) is 2.39. The molecule has 0 aliphatic heterocycles. The summed E-state index contributed by atoms with van der Waals surface area (Å²) in [5, 5.41) is 3.54. The Balaban J connectivity index is 2.45. The highest BCUT2D eigenvalue weighted by Gasteiger charge is 2.19. The van der Waals surface area contributed by atoms with E-state index in [1.54, 1.807) is 21.3 Å². The molecule has 0 aliphatic rings. The molecule has 0 aliphatic carbocycles. The molecule has 0 saturated heterocycles. The molecule has 0 spiro atoms. The van der Waals surface area contributed by atoms with Gasteiger partial charge in [0.25, 0.3) is 0 Å². The minimum Gasteiger partial charge on any atom is -0.493 e. The molecule has 1 rings (SSSR count). The van der Waals surface area contributed by atoms with Crippen LogP contribution in [0, 0.1) is 0 Å². The molecule has 1 atom stereocenters. The maximum absolute atomic E-state index is 5.46. The smallest absolute Gasteiger partial charge is 0.160 e. The molecule has 0 saturated carbocycles. The number of methoxy groups -OCH3 is 3. The first kappa shape index (κ1) is 17.8.